The normalized spacial score (nSPS) is 22.0. The maximum Gasteiger partial charge on any atom is 0.0611 e. The third kappa shape index (κ3) is 4.22. The van der Waals surface area contributed by atoms with E-state index in [1.165, 1.54) is 12.8 Å². The second kappa shape index (κ2) is 5.89. The molecule has 0 spiro atoms. The zero-order valence-electron chi connectivity index (χ0n) is 13.1. The molecule has 2 atom stereocenters. The van der Waals surface area contributed by atoms with Crippen molar-refractivity contribution >= 4 is 0 Å². The Balaban J connectivity index is 2.57. The Labute approximate surface area is 113 Å². The van der Waals surface area contributed by atoms with E-state index < -0.39 is 0 Å². The summed E-state index contributed by atoms with van der Waals surface area (Å²) < 4.78 is 0. The molecule has 1 rings (SSSR count). The summed E-state index contributed by atoms with van der Waals surface area (Å²) in [5.74, 6) is 0. The molecule has 0 aliphatic heterocycles. The summed E-state index contributed by atoms with van der Waals surface area (Å²) in [5, 5.41) is 13.3. The van der Waals surface area contributed by atoms with Crippen molar-refractivity contribution in [1.82, 2.24) is 10.2 Å². The van der Waals surface area contributed by atoms with E-state index >= 15 is 0 Å². The maximum absolute atomic E-state index is 9.67. The predicted molar refractivity (Wildman–Crippen MR) is 77.9 cm³/mol. The first-order valence-corrected chi connectivity index (χ1v) is 7.35. The van der Waals surface area contributed by atoms with Crippen LogP contribution < -0.4 is 5.32 Å². The molecule has 0 bridgehead atoms. The molecule has 1 aliphatic carbocycles. The van der Waals surface area contributed by atoms with Gasteiger partial charge in [-0.1, -0.05) is 6.92 Å². The van der Waals surface area contributed by atoms with Crippen LogP contribution in [0.2, 0.25) is 0 Å². The average molecular weight is 256 g/mol. The Kier molecular flexibility index (Phi) is 5.22. The van der Waals surface area contributed by atoms with Gasteiger partial charge in [0.05, 0.1) is 6.61 Å². The van der Waals surface area contributed by atoms with E-state index in [1.54, 1.807) is 0 Å². The van der Waals surface area contributed by atoms with Gasteiger partial charge in [0, 0.05) is 23.2 Å². The van der Waals surface area contributed by atoms with Crippen molar-refractivity contribution in [2.75, 3.05) is 13.7 Å². The molecule has 1 saturated carbocycles. The first kappa shape index (κ1) is 15.9. The van der Waals surface area contributed by atoms with Gasteiger partial charge >= 0.3 is 0 Å². The molecule has 0 amide bonds. The molecule has 0 heterocycles. The van der Waals surface area contributed by atoms with Crippen LogP contribution in [0, 0.1) is 0 Å². The molecular weight excluding hydrogens is 224 g/mol. The van der Waals surface area contributed by atoms with Crippen LogP contribution in [-0.2, 0) is 0 Å². The van der Waals surface area contributed by atoms with Crippen molar-refractivity contribution in [3.8, 4) is 0 Å². The Hall–Kier alpha value is -0.120. The lowest BCUT2D eigenvalue weighted by Crippen LogP contribution is -2.54. The first-order chi connectivity index (χ1) is 8.24. The molecule has 3 nitrogen and oxygen atoms in total. The fraction of sp³-hybridized carbons (Fsp3) is 1.00. The lowest BCUT2D eigenvalue weighted by atomic mass is 9.90. The molecular formula is C15H32N2O. The van der Waals surface area contributed by atoms with E-state index in [-0.39, 0.29) is 17.7 Å². The van der Waals surface area contributed by atoms with Crippen LogP contribution in [0.25, 0.3) is 0 Å². The number of hydrogen-bond acceptors (Lipinski definition) is 3. The van der Waals surface area contributed by atoms with Crippen LogP contribution >= 0.6 is 0 Å². The molecule has 2 N–H and O–H groups in total. The average Bonchev–Trinajstić information content (AvgIpc) is 3.11. The van der Waals surface area contributed by atoms with Gasteiger partial charge in [-0.3, -0.25) is 4.90 Å². The highest BCUT2D eigenvalue weighted by Crippen LogP contribution is 2.27. The lowest BCUT2D eigenvalue weighted by molar-refractivity contribution is 0.0665. The van der Waals surface area contributed by atoms with Crippen molar-refractivity contribution < 1.29 is 5.11 Å². The highest BCUT2D eigenvalue weighted by molar-refractivity contribution is 4.95. The SMILES string of the molecule is CCC(C)(C)N(C)C(C)CC(C)(CO)NC1CC1. The molecule has 108 valence electrons. The van der Waals surface area contributed by atoms with Gasteiger partial charge in [-0.15, -0.1) is 0 Å². The smallest absolute Gasteiger partial charge is 0.0611 e. The second-order valence-electron chi connectivity index (χ2n) is 6.97. The minimum Gasteiger partial charge on any atom is -0.394 e. The Bertz CT molecular complexity index is 263. The number of hydrogen-bond donors (Lipinski definition) is 2. The molecule has 18 heavy (non-hydrogen) atoms. The first-order valence-electron chi connectivity index (χ1n) is 7.35. The Morgan fingerprint density at radius 1 is 1.33 bits per heavy atom. The number of aliphatic hydroxyl groups excluding tert-OH is 1. The zero-order chi connectivity index (χ0) is 14.0. The third-order valence-corrected chi connectivity index (χ3v) is 4.71. The zero-order valence-corrected chi connectivity index (χ0v) is 13.1. The lowest BCUT2D eigenvalue weighted by Gasteiger charge is -2.42. The second-order valence-corrected chi connectivity index (χ2v) is 6.97. The van der Waals surface area contributed by atoms with Crippen molar-refractivity contribution in [2.45, 2.75) is 83.5 Å². The van der Waals surface area contributed by atoms with E-state index in [2.05, 4.69) is 51.9 Å². The topological polar surface area (TPSA) is 35.5 Å². The molecule has 0 radical (unpaired) electrons. The summed E-state index contributed by atoms with van der Waals surface area (Å²) in [5.41, 5.74) is 0.0774. The quantitative estimate of drug-likeness (QED) is 0.700. The molecule has 2 unspecified atom stereocenters. The third-order valence-electron chi connectivity index (χ3n) is 4.71. The van der Waals surface area contributed by atoms with E-state index in [1.807, 2.05) is 0 Å². The highest BCUT2D eigenvalue weighted by atomic mass is 16.3. The standard InChI is InChI=1S/C15H32N2O/c1-7-14(3,4)17(6)12(2)10-15(5,11-18)16-13-8-9-13/h12-13,16,18H,7-11H2,1-6H3. The summed E-state index contributed by atoms with van der Waals surface area (Å²) in [4.78, 5) is 2.44. The summed E-state index contributed by atoms with van der Waals surface area (Å²) in [6.07, 6.45) is 4.65. The van der Waals surface area contributed by atoms with Gasteiger partial charge in [-0.25, -0.2) is 0 Å². The minimum absolute atomic E-state index is 0.140. The van der Waals surface area contributed by atoms with E-state index in [4.69, 9.17) is 0 Å². The van der Waals surface area contributed by atoms with Crippen molar-refractivity contribution in [2.24, 2.45) is 0 Å². The molecule has 0 aromatic rings. The van der Waals surface area contributed by atoms with Gasteiger partial charge in [0.1, 0.15) is 0 Å². The van der Waals surface area contributed by atoms with Crippen LogP contribution in [0.3, 0.4) is 0 Å². The van der Waals surface area contributed by atoms with E-state index in [0.717, 1.165) is 12.8 Å². The molecule has 0 saturated heterocycles. The molecule has 1 aliphatic rings. The number of rotatable bonds is 8. The highest BCUT2D eigenvalue weighted by Gasteiger charge is 2.35. The minimum atomic E-state index is -0.140. The number of nitrogens with zero attached hydrogens (tertiary/aromatic N) is 1. The van der Waals surface area contributed by atoms with Crippen LogP contribution in [-0.4, -0.2) is 46.8 Å². The largest absolute Gasteiger partial charge is 0.394 e. The van der Waals surface area contributed by atoms with Crippen LogP contribution in [0.4, 0.5) is 0 Å². The fourth-order valence-corrected chi connectivity index (χ4v) is 2.52. The fourth-order valence-electron chi connectivity index (χ4n) is 2.52. The number of nitrogens with one attached hydrogen (secondary N) is 1. The Morgan fingerprint density at radius 3 is 2.28 bits per heavy atom. The van der Waals surface area contributed by atoms with E-state index in [0.29, 0.717) is 12.1 Å². The Morgan fingerprint density at radius 2 is 1.89 bits per heavy atom. The van der Waals surface area contributed by atoms with Gasteiger partial charge in [0.15, 0.2) is 0 Å². The summed E-state index contributed by atoms with van der Waals surface area (Å²) >= 11 is 0. The van der Waals surface area contributed by atoms with Gasteiger partial charge in [0.25, 0.3) is 0 Å². The van der Waals surface area contributed by atoms with Crippen LogP contribution in [0.5, 0.6) is 0 Å². The van der Waals surface area contributed by atoms with Crippen molar-refractivity contribution in [3.05, 3.63) is 0 Å². The van der Waals surface area contributed by atoms with Gasteiger partial charge in [0.2, 0.25) is 0 Å². The monoisotopic (exact) mass is 256 g/mol. The maximum atomic E-state index is 9.67. The molecule has 1 fully saturated rings. The molecule has 0 aromatic heterocycles. The van der Waals surface area contributed by atoms with Gasteiger partial charge < -0.3 is 10.4 Å². The predicted octanol–water partition coefficient (Wildman–Crippen LogP) is 2.39. The molecule has 3 heteroatoms. The van der Waals surface area contributed by atoms with Crippen LogP contribution in [0.15, 0.2) is 0 Å². The van der Waals surface area contributed by atoms with Crippen LogP contribution in [0.1, 0.15) is 60.3 Å². The van der Waals surface area contributed by atoms with Crippen molar-refractivity contribution in [3.63, 3.8) is 0 Å². The summed E-state index contributed by atoms with van der Waals surface area (Å²) in [6.45, 7) is 11.4. The number of aliphatic hydroxyl groups is 1. The summed E-state index contributed by atoms with van der Waals surface area (Å²) in [7, 11) is 2.20. The molecule has 0 aromatic carbocycles. The van der Waals surface area contributed by atoms with Gasteiger partial charge in [-0.2, -0.15) is 0 Å². The van der Waals surface area contributed by atoms with Crippen molar-refractivity contribution in [1.29, 1.82) is 0 Å². The summed E-state index contributed by atoms with van der Waals surface area (Å²) in [6, 6.07) is 1.10. The van der Waals surface area contributed by atoms with Gasteiger partial charge in [-0.05, 0) is 60.4 Å². The van der Waals surface area contributed by atoms with E-state index in [9.17, 15) is 5.11 Å².